The molecule has 0 radical (unpaired) electrons. The third kappa shape index (κ3) is 7.99. The third-order valence-corrected chi connectivity index (χ3v) is 3.88. The Morgan fingerprint density at radius 2 is 2.14 bits per heavy atom. The topological polar surface area (TPSA) is 48.9 Å². The number of hydrogen-bond donors (Lipinski definition) is 2. The first-order valence-corrected chi connectivity index (χ1v) is 8.81. The number of guanidine groups is 1. The van der Waals surface area contributed by atoms with Gasteiger partial charge in [-0.05, 0) is 45.1 Å². The number of rotatable bonds is 8. The van der Waals surface area contributed by atoms with E-state index in [1.165, 1.54) is 32.5 Å². The van der Waals surface area contributed by atoms with Gasteiger partial charge < -0.3 is 20.3 Å². The monoisotopic (exact) mass is 312 g/mol. The fourth-order valence-electron chi connectivity index (χ4n) is 3.05. The first-order chi connectivity index (χ1) is 10.5. The van der Waals surface area contributed by atoms with Crippen molar-refractivity contribution in [1.82, 2.24) is 15.5 Å². The van der Waals surface area contributed by atoms with Crippen LogP contribution in [0, 0.1) is 11.8 Å². The second-order valence-corrected chi connectivity index (χ2v) is 6.88. The number of hydrogen-bond acceptors (Lipinski definition) is 3. The first-order valence-electron chi connectivity index (χ1n) is 8.81. The Kier molecular flexibility index (Phi) is 9.48. The maximum atomic E-state index is 5.18. The summed E-state index contributed by atoms with van der Waals surface area (Å²) in [4.78, 5) is 7.38. The van der Waals surface area contributed by atoms with Crippen LogP contribution in [0.25, 0.3) is 0 Å². The molecule has 1 aliphatic rings. The highest BCUT2D eigenvalue weighted by molar-refractivity contribution is 5.80. The van der Waals surface area contributed by atoms with E-state index in [2.05, 4.69) is 43.2 Å². The average molecular weight is 313 g/mol. The SMILES string of the molecule is CCNC(=NCC1CCCN(CC(C)C)C1)NC(C)COC. The Bertz CT molecular complexity index is 320. The second-order valence-electron chi connectivity index (χ2n) is 6.88. The van der Waals surface area contributed by atoms with E-state index in [-0.39, 0.29) is 6.04 Å². The molecule has 0 bridgehead atoms. The zero-order chi connectivity index (χ0) is 16.4. The molecule has 0 aromatic heterocycles. The van der Waals surface area contributed by atoms with Gasteiger partial charge in [0, 0.05) is 39.3 Å². The maximum absolute atomic E-state index is 5.18. The van der Waals surface area contributed by atoms with Gasteiger partial charge in [-0.15, -0.1) is 0 Å². The Balaban J connectivity index is 2.46. The van der Waals surface area contributed by atoms with Crippen LogP contribution in [-0.2, 0) is 4.74 Å². The van der Waals surface area contributed by atoms with Crippen molar-refractivity contribution in [2.75, 3.05) is 46.4 Å². The molecule has 5 heteroatoms. The molecule has 130 valence electrons. The smallest absolute Gasteiger partial charge is 0.191 e. The van der Waals surface area contributed by atoms with Crippen LogP contribution in [-0.4, -0.2) is 63.3 Å². The summed E-state index contributed by atoms with van der Waals surface area (Å²) in [6.07, 6.45) is 2.60. The fraction of sp³-hybridized carbons (Fsp3) is 0.941. The Labute approximate surface area is 136 Å². The fourth-order valence-corrected chi connectivity index (χ4v) is 3.05. The minimum Gasteiger partial charge on any atom is -0.383 e. The molecule has 2 atom stereocenters. The molecule has 1 heterocycles. The highest BCUT2D eigenvalue weighted by Gasteiger charge is 2.20. The second kappa shape index (κ2) is 10.8. The van der Waals surface area contributed by atoms with E-state index in [4.69, 9.17) is 9.73 Å². The van der Waals surface area contributed by atoms with Crippen LogP contribution in [0.4, 0.5) is 0 Å². The van der Waals surface area contributed by atoms with Crippen LogP contribution in [0.2, 0.25) is 0 Å². The highest BCUT2D eigenvalue weighted by atomic mass is 16.5. The van der Waals surface area contributed by atoms with Crippen LogP contribution in [0.3, 0.4) is 0 Å². The molecule has 1 saturated heterocycles. The van der Waals surface area contributed by atoms with E-state index in [0.717, 1.165) is 25.0 Å². The molecular weight excluding hydrogens is 276 g/mol. The van der Waals surface area contributed by atoms with Crippen molar-refractivity contribution < 1.29 is 4.74 Å². The Hall–Kier alpha value is -0.810. The van der Waals surface area contributed by atoms with Crippen molar-refractivity contribution in [1.29, 1.82) is 0 Å². The number of likely N-dealkylation sites (tertiary alicyclic amines) is 1. The standard InChI is InChI=1S/C17H36N4O/c1-6-18-17(20-15(4)13-22-5)19-10-16-8-7-9-21(12-16)11-14(2)3/h14-16H,6-13H2,1-5H3,(H2,18,19,20). The van der Waals surface area contributed by atoms with E-state index in [0.29, 0.717) is 12.5 Å². The average Bonchev–Trinajstić information content (AvgIpc) is 2.45. The number of piperidine rings is 1. The van der Waals surface area contributed by atoms with E-state index in [1.807, 2.05) is 0 Å². The molecule has 1 rings (SSSR count). The largest absolute Gasteiger partial charge is 0.383 e. The van der Waals surface area contributed by atoms with Gasteiger partial charge in [0.15, 0.2) is 5.96 Å². The van der Waals surface area contributed by atoms with Gasteiger partial charge >= 0.3 is 0 Å². The van der Waals surface area contributed by atoms with Gasteiger partial charge in [-0.2, -0.15) is 0 Å². The quantitative estimate of drug-likeness (QED) is 0.531. The molecule has 0 aromatic carbocycles. The van der Waals surface area contributed by atoms with Crippen LogP contribution < -0.4 is 10.6 Å². The molecule has 2 N–H and O–H groups in total. The zero-order valence-electron chi connectivity index (χ0n) is 15.2. The van der Waals surface area contributed by atoms with Crippen molar-refractivity contribution in [2.24, 2.45) is 16.8 Å². The minimum absolute atomic E-state index is 0.270. The molecule has 5 nitrogen and oxygen atoms in total. The maximum Gasteiger partial charge on any atom is 0.191 e. The molecule has 0 amide bonds. The summed E-state index contributed by atoms with van der Waals surface area (Å²) in [5, 5.41) is 6.73. The van der Waals surface area contributed by atoms with Crippen LogP contribution in [0.1, 0.15) is 40.5 Å². The van der Waals surface area contributed by atoms with Crippen LogP contribution >= 0.6 is 0 Å². The molecule has 0 spiro atoms. The number of ether oxygens (including phenoxy) is 1. The summed E-state index contributed by atoms with van der Waals surface area (Å²) in [6, 6.07) is 0.270. The summed E-state index contributed by atoms with van der Waals surface area (Å²) < 4.78 is 5.18. The number of nitrogens with zero attached hydrogens (tertiary/aromatic N) is 2. The van der Waals surface area contributed by atoms with Crippen molar-refractivity contribution in [2.45, 2.75) is 46.6 Å². The molecule has 22 heavy (non-hydrogen) atoms. The van der Waals surface area contributed by atoms with E-state index in [1.54, 1.807) is 7.11 Å². The van der Waals surface area contributed by atoms with E-state index < -0.39 is 0 Å². The molecule has 1 fully saturated rings. The lowest BCUT2D eigenvalue weighted by Crippen LogP contribution is -2.44. The van der Waals surface area contributed by atoms with Gasteiger partial charge in [0.05, 0.1) is 6.61 Å². The number of nitrogens with one attached hydrogen (secondary N) is 2. The van der Waals surface area contributed by atoms with Gasteiger partial charge in [-0.1, -0.05) is 13.8 Å². The Morgan fingerprint density at radius 3 is 2.77 bits per heavy atom. The number of methoxy groups -OCH3 is 1. The van der Waals surface area contributed by atoms with Crippen LogP contribution in [0.5, 0.6) is 0 Å². The van der Waals surface area contributed by atoms with E-state index >= 15 is 0 Å². The molecule has 2 unspecified atom stereocenters. The van der Waals surface area contributed by atoms with Gasteiger partial charge in [0.25, 0.3) is 0 Å². The van der Waals surface area contributed by atoms with E-state index in [9.17, 15) is 0 Å². The lowest BCUT2D eigenvalue weighted by atomic mass is 9.97. The molecule has 0 saturated carbocycles. The Morgan fingerprint density at radius 1 is 1.36 bits per heavy atom. The summed E-state index contributed by atoms with van der Waals surface area (Å²) >= 11 is 0. The summed E-state index contributed by atoms with van der Waals surface area (Å²) in [6.45, 7) is 14.9. The minimum atomic E-state index is 0.270. The zero-order valence-corrected chi connectivity index (χ0v) is 15.2. The lowest BCUT2D eigenvalue weighted by Gasteiger charge is -2.33. The lowest BCUT2D eigenvalue weighted by molar-refractivity contribution is 0.162. The predicted octanol–water partition coefficient (Wildman–Crippen LogP) is 1.94. The summed E-state index contributed by atoms with van der Waals surface area (Å²) in [7, 11) is 1.73. The number of aliphatic imine (C=N–C) groups is 1. The van der Waals surface area contributed by atoms with Gasteiger partial charge in [0.2, 0.25) is 0 Å². The molecule has 1 aliphatic heterocycles. The van der Waals surface area contributed by atoms with Crippen molar-refractivity contribution in [3.8, 4) is 0 Å². The van der Waals surface area contributed by atoms with Gasteiger partial charge in [-0.25, -0.2) is 0 Å². The van der Waals surface area contributed by atoms with Crippen molar-refractivity contribution in [3.05, 3.63) is 0 Å². The third-order valence-electron chi connectivity index (χ3n) is 3.88. The molecule has 0 aromatic rings. The molecule has 0 aliphatic carbocycles. The predicted molar refractivity (Wildman–Crippen MR) is 94.5 cm³/mol. The van der Waals surface area contributed by atoms with Crippen molar-refractivity contribution >= 4 is 5.96 Å². The summed E-state index contributed by atoms with van der Waals surface area (Å²) in [5.74, 6) is 2.34. The highest BCUT2D eigenvalue weighted by Crippen LogP contribution is 2.17. The first kappa shape index (κ1) is 19.2. The normalized spacial score (nSPS) is 21.9. The molecular formula is C17H36N4O. The van der Waals surface area contributed by atoms with Crippen LogP contribution in [0.15, 0.2) is 4.99 Å². The summed E-state index contributed by atoms with van der Waals surface area (Å²) in [5.41, 5.74) is 0. The van der Waals surface area contributed by atoms with Gasteiger partial charge in [0.1, 0.15) is 0 Å². The van der Waals surface area contributed by atoms with Gasteiger partial charge in [-0.3, -0.25) is 4.99 Å². The van der Waals surface area contributed by atoms with Crippen molar-refractivity contribution in [3.63, 3.8) is 0 Å².